The number of aliphatic hydroxyl groups is 1. The van der Waals surface area contributed by atoms with Gasteiger partial charge in [0.05, 0.1) is 12.6 Å². The van der Waals surface area contributed by atoms with E-state index >= 15 is 0 Å². The molecule has 19 heavy (non-hydrogen) atoms. The topological polar surface area (TPSA) is 52.6 Å². The molecule has 1 aromatic rings. The zero-order chi connectivity index (χ0) is 13.5. The van der Waals surface area contributed by atoms with Gasteiger partial charge in [-0.15, -0.1) is 0 Å². The van der Waals surface area contributed by atoms with E-state index in [9.17, 15) is 9.90 Å². The summed E-state index contributed by atoms with van der Waals surface area (Å²) < 4.78 is 0. The summed E-state index contributed by atoms with van der Waals surface area (Å²) in [6.07, 6.45) is 2.99. The van der Waals surface area contributed by atoms with E-state index < -0.39 is 0 Å². The van der Waals surface area contributed by atoms with Crippen molar-refractivity contribution in [3.05, 3.63) is 35.9 Å². The molecule has 0 radical (unpaired) electrons. The maximum atomic E-state index is 11.9. The summed E-state index contributed by atoms with van der Waals surface area (Å²) in [7, 11) is 0. The van der Waals surface area contributed by atoms with Crippen LogP contribution in [0.5, 0.6) is 0 Å². The number of nitrogens with zero attached hydrogens (tertiary/aromatic N) is 1. The highest BCUT2D eigenvalue weighted by Gasteiger charge is 2.16. The number of aliphatic hydroxyl groups excluding tert-OH is 1. The molecular weight excluding hydrogens is 240 g/mol. The second-order valence-electron chi connectivity index (χ2n) is 5.01. The lowest BCUT2D eigenvalue weighted by Gasteiger charge is -2.18. The normalized spacial score (nSPS) is 17.3. The van der Waals surface area contributed by atoms with E-state index in [1.807, 2.05) is 30.3 Å². The zero-order valence-corrected chi connectivity index (χ0v) is 11.2. The molecule has 0 saturated carbocycles. The first kappa shape index (κ1) is 14.0. The van der Waals surface area contributed by atoms with Gasteiger partial charge < -0.3 is 15.3 Å². The fourth-order valence-electron chi connectivity index (χ4n) is 2.45. The largest absolute Gasteiger partial charge is 0.394 e. The maximum absolute atomic E-state index is 11.9. The van der Waals surface area contributed by atoms with Gasteiger partial charge in [0.15, 0.2) is 0 Å². The van der Waals surface area contributed by atoms with Crippen LogP contribution >= 0.6 is 0 Å². The summed E-state index contributed by atoms with van der Waals surface area (Å²) in [4.78, 5) is 14.2. The number of likely N-dealkylation sites (tertiary alicyclic amines) is 1. The lowest BCUT2D eigenvalue weighted by atomic mass is 10.1. The highest BCUT2D eigenvalue weighted by molar-refractivity contribution is 5.76. The van der Waals surface area contributed by atoms with Crippen molar-refractivity contribution >= 4 is 5.91 Å². The van der Waals surface area contributed by atoms with Crippen LogP contribution in [0.2, 0.25) is 0 Å². The van der Waals surface area contributed by atoms with Gasteiger partial charge in [0.1, 0.15) is 0 Å². The second kappa shape index (κ2) is 7.26. The Labute approximate surface area is 114 Å². The minimum atomic E-state index is -0.299. The maximum Gasteiger partial charge on any atom is 0.221 e. The summed E-state index contributed by atoms with van der Waals surface area (Å²) >= 11 is 0. The van der Waals surface area contributed by atoms with Gasteiger partial charge in [-0.05, 0) is 31.5 Å². The minimum absolute atomic E-state index is 0.00908. The van der Waals surface area contributed by atoms with Crippen LogP contribution in [0.25, 0.3) is 0 Å². The van der Waals surface area contributed by atoms with E-state index in [0.29, 0.717) is 6.42 Å². The minimum Gasteiger partial charge on any atom is -0.394 e. The van der Waals surface area contributed by atoms with E-state index in [2.05, 4.69) is 10.2 Å². The predicted octanol–water partition coefficient (Wildman–Crippen LogP) is 1.32. The Balaban J connectivity index is 1.79. The fourth-order valence-corrected chi connectivity index (χ4v) is 2.45. The molecule has 1 fully saturated rings. The summed E-state index contributed by atoms with van der Waals surface area (Å²) in [6.45, 7) is 2.96. The Kier molecular flexibility index (Phi) is 5.36. The Bertz CT molecular complexity index is 388. The third-order valence-electron chi connectivity index (χ3n) is 3.57. The first-order valence-corrected chi connectivity index (χ1v) is 6.97. The van der Waals surface area contributed by atoms with Crippen molar-refractivity contribution in [1.29, 1.82) is 0 Å². The van der Waals surface area contributed by atoms with Crippen molar-refractivity contribution < 1.29 is 9.90 Å². The van der Waals surface area contributed by atoms with Crippen molar-refractivity contribution in [3.8, 4) is 0 Å². The Morgan fingerprint density at radius 1 is 1.26 bits per heavy atom. The summed E-state index contributed by atoms with van der Waals surface area (Å²) in [5.41, 5.74) is 0.944. The molecule has 2 N–H and O–H groups in total. The number of hydrogen-bond donors (Lipinski definition) is 2. The fraction of sp³-hybridized carbons (Fsp3) is 0.533. The summed E-state index contributed by atoms with van der Waals surface area (Å²) in [5.74, 6) is 0.00908. The van der Waals surface area contributed by atoms with Crippen LogP contribution in [0.1, 0.15) is 30.9 Å². The Hall–Kier alpha value is -1.39. The second-order valence-corrected chi connectivity index (χ2v) is 5.01. The molecule has 1 amide bonds. The van der Waals surface area contributed by atoms with Gasteiger partial charge >= 0.3 is 0 Å². The van der Waals surface area contributed by atoms with E-state index in [1.165, 1.54) is 12.8 Å². The molecule has 4 heteroatoms. The quantitative estimate of drug-likeness (QED) is 0.813. The van der Waals surface area contributed by atoms with Crippen LogP contribution < -0.4 is 5.32 Å². The van der Waals surface area contributed by atoms with Gasteiger partial charge in [-0.2, -0.15) is 0 Å². The molecule has 1 heterocycles. The third kappa shape index (κ3) is 4.33. The number of amides is 1. The average Bonchev–Trinajstić information content (AvgIpc) is 2.97. The molecule has 0 aromatic heterocycles. The van der Waals surface area contributed by atoms with Gasteiger partial charge in [-0.25, -0.2) is 0 Å². The molecule has 1 aromatic carbocycles. The predicted molar refractivity (Wildman–Crippen MR) is 74.7 cm³/mol. The Morgan fingerprint density at radius 3 is 2.58 bits per heavy atom. The van der Waals surface area contributed by atoms with Gasteiger partial charge in [-0.1, -0.05) is 30.3 Å². The average molecular weight is 262 g/mol. The van der Waals surface area contributed by atoms with Crippen molar-refractivity contribution in [3.63, 3.8) is 0 Å². The molecule has 1 aliphatic rings. The standard InChI is InChI=1S/C15H22N2O2/c18-12-14(13-6-2-1-3-7-13)16-15(19)8-11-17-9-4-5-10-17/h1-3,6-7,14,18H,4-5,8-12H2,(H,16,19). The first-order valence-electron chi connectivity index (χ1n) is 6.97. The first-order chi connectivity index (χ1) is 9.29. The van der Waals surface area contributed by atoms with E-state index in [1.54, 1.807) is 0 Å². The van der Waals surface area contributed by atoms with Crippen LogP contribution in [0.4, 0.5) is 0 Å². The zero-order valence-electron chi connectivity index (χ0n) is 11.2. The third-order valence-corrected chi connectivity index (χ3v) is 3.57. The molecule has 2 rings (SSSR count). The SMILES string of the molecule is O=C(CCN1CCCC1)NC(CO)c1ccccc1. The molecule has 1 unspecified atom stereocenters. The number of benzene rings is 1. The van der Waals surface area contributed by atoms with Gasteiger partial charge in [0.25, 0.3) is 0 Å². The molecule has 0 bridgehead atoms. The van der Waals surface area contributed by atoms with Crippen LogP contribution in [0.15, 0.2) is 30.3 Å². The van der Waals surface area contributed by atoms with E-state index in [-0.39, 0.29) is 18.6 Å². The molecule has 0 aliphatic carbocycles. The van der Waals surface area contributed by atoms with Gasteiger partial charge in [0.2, 0.25) is 5.91 Å². The Morgan fingerprint density at radius 2 is 1.95 bits per heavy atom. The lowest BCUT2D eigenvalue weighted by molar-refractivity contribution is -0.122. The number of hydrogen-bond acceptors (Lipinski definition) is 3. The highest BCUT2D eigenvalue weighted by atomic mass is 16.3. The van der Waals surface area contributed by atoms with Gasteiger partial charge in [0, 0.05) is 13.0 Å². The van der Waals surface area contributed by atoms with Crippen LogP contribution in [0.3, 0.4) is 0 Å². The molecule has 1 atom stereocenters. The number of rotatable bonds is 6. The monoisotopic (exact) mass is 262 g/mol. The number of carbonyl (C=O) groups excluding carboxylic acids is 1. The van der Waals surface area contributed by atoms with Crippen molar-refractivity contribution in [1.82, 2.24) is 10.2 Å². The van der Waals surface area contributed by atoms with Crippen LogP contribution in [-0.4, -0.2) is 42.2 Å². The lowest BCUT2D eigenvalue weighted by Crippen LogP contribution is -2.33. The van der Waals surface area contributed by atoms with Crippen LogP contribution in [0, 0.1) is 0 Å². The number of carbonyl (C=O) groups is 1. The molecule has 0 spiro atoms. The summed E-state index contributed by atoms with van der Waals surface area (Å²) in [6, 6.07) is 9.28. The van der Waals surface area contributed by atoms with Crippen molar-refractivity contribution in [2.24, 2.45) is 0 Å². The highest BCUT2D eigenvalue weighted by Crippen LogP contribution is 2.12. The smallest absolute Gasteiger partial charge is 0.221 e. The molecule has 4 nitrogen and oxygen atoms in total. The molecule has 104 valence electrons. The molecule has 1 saturated heterocycles. The van der Waals surface area contributed by atoms with Crippen molar-refractivity contribution in [2.45, 2.75) is 25.3 Å². The summed E-state index contributed by atoms with van der Waals surface area (Å²) in [5, 5.41) is 12.3. The van der Waals surface area contributed by atoms with Crippen LogP contribution in [-0.2, 0) is 4.79 Å². The molecule has 1 aliphatic heterocycles. The molecular formula is C15H22N2O2. The van der Waals surface area contributed by atoms with E-state index in [4.69, 9.17) is 0 Å². The number of nitrogens with one attached hydrogen (secondary N) is 1. The van der Waals surface area contributed by atoms with Crippen molar-refractivity contribution in [2.75, 3.05) is 26.2 Å². The van der Waals surface area contributed by atoms with E-state index in [0.717, 1.165) is 25.2 Å². The van der Waals surface area contributed by atoms with Gasteiger partial charge in [-0.3, -0.25) is 4.79 Å².